The minimum atomic E-state index is -0.519. The van der Waals surface area contributed by atoms with Gasteiger partial charge in [0.15, 0.2) is 0 Å². The highest BCUT2D eigenvalue weighted by Crippen LogP contribution is 2.04. The first kappa shape index (κ1) is 7.85. The molecule has 2 rings (SSSR count). The molecule has 0 atom stereocenters. The summed E-state index contributed by atoms with van der Waals surface area (Å²) in [6.45, 7) is 0. The second-order valence-corrected chi connectivity index (χ2v) is 2.59. The van der Waals surface area contributed by atoms with E-state index in [2.05, 4.69) is 10.2 Å². The second kappa shape index (κ2) is 3.30. The molecule has 0 aliphatic heterocycles. The van der Waals surface area contributed by atoms with Crippen LogP contribution in [0.5, 0.6) is 0 Å². The maximum Gasteiger partial charge on any atom is 0.434 e. The third-order valence-electron chi connectivity index (χ3n) is 1.65. The summed E-state index contributed by atoms with van der Waals surface area (Å²) in [7, 11) is 0. The van der Waals surface area contributed by atoms with Crippen molar-refractivity contribution in [2.45, 2.75) is 12.8 Å². The van der Waals surface area contributed by atoms with E-state index in [0.717, 1.165) is 5.76 Å². The largest absolute Gasteiger partial charge is 0.469 e. The van der Waals surface area contributed by atoms with Crippen molar-refractivity contribution in [3.05, 3.63) is 40.6 Å². The van der Waals surface area contributed by atoms with Gasteiger partial charge in [-0.15, -0.1) is 5.10 Å². The van der Waals surface area contributed by atoms with Crippen LogP contribution in [0.1, 0.15) is 11.7 Å². The minimum absolute atomic E-state index is 0.404. The molecule has 0 saturated heterocycles. The van der Waals surface area contributed by atoms with Crippen molar-refractivity contribution in [3.8, 4) is 0 Å². The van der Waals surface area contributed by atoms with Crippen LogP contribution >= 0.6 is 0 Å². The lowest BCUT2D eigenvalue weighted by Gasteiger charge is -1.90. The molecule has 0 radical (unpaired) electrons. The van der Waals surface area contributed by atoms with Gasteiger partial charge in [0, 0.05) is 12.8 Å². The molecule has 0 fully saturated rings. The Morgan fingerprint density at radius 1 is 1.46 bits per heavy atom. The Morgan fingerprint density at radius 3 is 3.00 bits per heavy atom. The average Bonchev–Trinajstić information content (AvgIpc) is 2.71. The van der Waals surface area contributed by atoms with E-state index in [0.29, 0.717) is 18.7 Å². The predicted octanol–water partition coefficient (Wildman–Crippen LogP) is 0.741. The summed E-state index contributed by atoms with van der Waals surface area (Å²) in [6.07, 6.45) is 2.85. The van der Waals surface area contributed by atoms with Gasteiger partial charge in [0.2, 0.25) is 5.89 Å². The molecule has 5 heteroatoms. The number of hydrogen-bond acceptors (Lipinski definition) is 4. The smallest absolute Gasteiger partial charge is 0.434 e. The van der Waals surface area contributed by atoms with Crippen molar-refractivity contribution in [3.63, 3.8) is 0 Å². The van der Waals surface area contributed by atoms with Gasteiger partial charge >= 0.3 is 5.76 Å². The minimum Gasteiger partial charge on any atom is -0.469 e. The van der Waals surface area contributed by atoms with E-state index < -0.39 is 5.76 Å². The topological polar surface area (TPSA) is 72.0 Å². The van der Waals surface area contributed by atoms with Crippen molar-refractivity contribution in [1.29, 1.82) is 0 Å². The molecule has 2 aromatic heterocycles. The van der Waals surface area contributed by atoms with Crippen LogP contribution < -0.4 is 5.76 Å². The normalized spacial score (nSPS) is 10.5. The quantitative estimate of drug-likeness (QED) is 0.756. The van der Waals surface area contributed by atoms with Crippen LogP contribution in [0.3, 0.4) is 0 Å². The molecule has 0 aliphatic rings. The zero-order chi connectivity index (χ0) is 9.10. The maximum absolute atomic E-state index is 10.5. The fourth-order valence-electron chi connectivity index (χ4n) is 1.05. The molecule has 0 amide bonds. The highest BCUT2D eigenvalue weighted by atomic mass is 16.4. The first-order chi connectivity index (χ1) is 6.34. The third-order valence-corrected chi connectivity index (χ3v) is 1.65. The van der Waals surface area contributed by atoms with Gasteiger partial charge in [-0.1, -0.05) is 0 Å². The molecule has 13 heavy (non-hydrogen) atoms. The molecule has 0 saturated carbocycles. The lowest BCUT2D eigenvalue weighted by molar-refractivity contribution is 0.445. The van der Waals surface area contributed by atoms with Gasteiger partial charge in [0.05, 0.1) is 6.26 Å². The molecular weight excluding hydrogens is 172 g/mol. The Bertz CT molecular complexity index is 413. The molecule has 2 heterocycles. The Morgan fingerprint density at radius 2 is 2.38 bits per heavy atom. The van der Waals surface area contributed by atoms with E-state index in [-0.39, 0.29) is 0 Å². The number of H-pyrrole nitrogens is 1. The number of aromatic amines is 1. The first-order valence-electron chi connectivity index (χ1n) is 3.91. The van der Waals surface area contributed by atoms with Crippen molar-refractivity contribution < 1.29 is 8.83 Å². The van der Waals surface area contributed by atoms with Crippen LogP contribution in [0.25, 0.3) is 0 Å². The molecule has 0 unspecified atom stereocenters. The van der Waals surface area contributed by atoms with E-state index in [1.807, 2.05) is 12.1 Å². The summed E-state index contributed by atoms with van der Waals surface area (Å²) in [5, 5.41) is 5.87. The third kappa shape index (κ3) is 1.87. The molecular formula is C8H8N2O3. The number of nitrogens with zero attached hydrogens (tertiary/aromatic N) is 1. The van der Waals surface area contributed by atoms with Crippen LogP contribution in [-0.2, 0) is 12.8 Å². The van der Waals surface area contributed by atoms with E-state index in [4.69, 9.17) is 8.83 Å². The Hall–Kier alpha value is -1.78. The van der Waals surface area contributed by atoms with Crippen molar-refractivity contribution in [2.75, 3.05) is 0 Å². The van der Waals surface area contributed by atoms with Crippen LogP contribution in [0.2, 0.25) is 0 Å². The van der Waals surface area contributed by atoms with Gasteiger partial charge in [-0.3, -0.25) is 0 Å². The highest BCUT2D eigenvalue weighted by Gasteiger charge is 2.02. The lowest BCUT2D eigenvalue weighted by Crippen LogP contribution is -1.94. The molecule has 68 valence electrons. The van der Waals surface area contributed by atoms with Gasteiger partial charge in [-0.25, -0.2) is 9.89 Å². The number of aryl methyl sites for hydroxylation is 2. The SMILES string of the molecule is O=c1[nH]nc(CCc2ccco2)o1. The predicted molar refractivity (Wildman–Crippen MR) is 43.2 cm³/mol. The standard InChI is InChI=1S/C8H8N2O3/c11-8-10-9-7(13-8)4-3-6-2-1-5-12-6/h1-2,5H,3-4H2,(H,10,11). The van der Waals surface area contributed by atoms with Gasteiger partial charge in [0.25, 0.3) is 0 Å². The first-order valence-corrected chi connectivity index (χ1v) is 3.91. The lowest BCUT2D eigenvalue weighted by atomic mass is 10.2. The Kier molecular flexibility index (Phi) is 1.99. The van der Waals surface area contributed by atoms with Crippen molar-refractivity contribution in [2.24, 2.45) is 0 Å². The molecule has 0 aliphatic carbocycles. The molecule has 0 spiro atoms. The number of furan rings is 1. The summed E-state index contributed by atoms with van der Waals surface area (Å²) < 4.78 is 9.82. The van der Waals surface area contributed by atoms with Crippen molar-refractivity contribution in [1.82, 2.24) is 10.2 Å². The highest BCUT2D eigenvalue weighted by molar-refractivity contribution is 4.99. The second-order valence-electron chi connectivity index (χ2n) is 2.59. The Balaban J connectivity index is 1.97. The summed E-state index contributed by atoms with van der Waals surface area (Å²) >= 11 is 0. The van der Waals surface area contributed by atoms with E-state index in [1.165, 1.54) is 0 Å². The molecule has 0 aromatic carbocycles. The summed E-state index contributed by atoms with van der Waals surface area (Å²) in [6, 6.07) is 3.68. The van der Waals surface area contributed by atoms with Crippen LogP contribution in [0.15, 0.2) is 32.0 Å². The number of hydrogen-bond donors (Lipinski definition) is 1. The number of aromatic nitrogens is 2. The van der Waals surface area contributed by atoms with Gasteiger partial charge in [-0.05, 0) is 12.1 Å². The average molecular weight is 180 g/mol. The molecule has 1 N–H and O–H groups in total. The molecule has 2 aromatic rings. The van der Waals surface area contributed by atoms with Crippen molar-refractivity contribution >= 4 is 0 Å². The van der Waals surface area contributed by atoms with E-state index in [9.17, 15) is 4.79 Å². The van der Waals surface area contributed by atoms with Gasteiger partial charge in [-0.2, -0.15) is 0 Å². The summed E-state index contributed by atoms with van der Waals surface area (Å²) in [5.74, 6) is 0.737. The maximum atomic E-state index is 10.5. The number of nitrogens with one attached hydrogen (secondary N) is 1. The van der Waals surface area contributed by atoms with Crippen LogP contribution in [0, 0.1) is 0 Å². The summed E-state index contributed by atoms with van der Waals surface area (Å²) in [5.41, 5.74) is 0. The summed E-state index contributed by atoms with van der Waals surface area (Å²) in [4.78, 5) is 10.5. The zero-order valence-corrected chi connectivity index (χ0v) is 6.82. The van der Waals surface area contributed by atoms with E-state index >= 15 is 0 Å². The van der Waals surface area contributed by atoms with Crippen LogP contribution in [-0.4, -0.2) is 10.2 Å². The fourth-order valence-corrected chi connectivity index (χ4v) is 1.05. The molecule has 0 bridgehead atoms. The monoisotopic (exact) mass is 180 g/mol. The van der Waals surface area contributed by atoms with Gasteiger partial charge in [0.1, 0.15) is 5.76 Å². The van der Waals surface area contributed by atoms with E-state index in [1.54, 1.807) is 6.26 Å². The number of rotatable bonds is 3. The molecule has 5 nitrogen and oxygen atoms in total. The fraction of sp³-hybridized carbons (Fsp3) is 0.250. The Labute approximate surface area is 73.4 Å². The zero-order valence-electron chi connectivity index (χ0n) is 6.82. The van der Waals surface area contributed by atoms with Gasteiger partial charge < -0.3 is 8.83 Å². The van der Waals surface area contributed by atoms with Crippen LogP contribution in [0.4, 0.5) is 0 Å².